The van der Waals surface area contributed by atoms with Gasteiger partial charge in [0.1, 0.15) is 0 Å². The normalized spacial score (nSPS) is 29.0. The summed E-state index contributed by atoms with van der Waals surface area (Å²) in [5, 5.41) is 0. The number of alkyl halides is 3. The predicted octanol–water partition coefficient (Wildman–Crippen LogP) is 4.93. The SMILES string of the molecule is FC(F)(F)c1ccc(CN2CCN3CCC[C@H]3[C@@H]2C2CCCCC2)cc1. The molecule has 1 aromatic rings. The van der Waals surface area contributed by atoms with Crippen LogP contribution in [0, 0.1) is 5.92 Å². The molecule has 3 aliphatic rings. The van der Waals surface area contributed by atoms with Crippen molar-refractivity contribution in [2.75, 3.05) is 19.6 Å². The molecule has 5 heteroatoms. The number of piperazine rings is 1. The molecule has 1 saturated carbocycles. The van der Waals surface area contributed by atoms with Crippen LogP contribution in [0.3, 0.4) is 0 Å². The summed E-state index contributed by atoms with van der Waals surface area (Å²) in [4.78, 5) is 5.26. The van der Waals surface area contributed by atoms with E-state index < -0.39 is 11.7 Å². The first-order valence-electron chi connectivity index (χ1n) is 10.2. The van der Waals surface area contributed by atoms with E-state index in [1.165, 1.54) is 63.6 Å². The first-order chi connectivity index (χ1) is 12.5. The van der Waals surface area contributed by atoms with Crippen molar-refractivity contribution in [1.29, 1.82) is 0 Å². The molecule has 0 bridgehead atoms. The average Bonchev–Trinajstić information content (AvgIpc) is 3.10. The molecule has 2 nitrogen and oxygen atoms in total. The van der Waals surface area contributed by atoms with E-state index in [1.807, 2.05) is 0 Å². The van der Waals surface area contributed by atoms with E-state index in [0.717, 1.165) is 31.1 Å². The van der Waals surface area contributed by atoms with Crippen LogP contribution in [0.15, 0.2) is 24.3 Å². The smallest absolute Gasteiger partial charge is 0.298 e. The molecule has 0 amide bonds. The summed E-state index contributed by atoms with van der Waals surface area (Å²) in [6, 6.07) is 7.03. The summed E-state index contributed by atoms with van der Waals surface area (Å²) in [6.07, 6.45) is 4.99. The second-order valence-electron chi connectivity index (χ2n) is 8.30. The number of halogens is 3. The van der Waals surface area contributed by atoms with Crippen molar-refractivity contribution >= 4 is 0 Å². The minimum absolute atomic E-state index is 0.550. The van der Waals surface area contributed by atoms with Crippen LogP contribution in [0.1, 0.15) is 56.1 Å². The lowest BCUT2D eigenvalue weighted by Gasteiger charge is -2.49. The third kappa shape index (κ3) is 3.79. The van der Waals surface area contributed by atoms with Crippen molar-refractivity contribution < 1.29 is 13.2 Å². The van der Waals surface area contributed by atoms with Crippen molar-refractivity contribution in [3.05, 3.63) is 35.4 Å². The van der Waals surface area contributed by atoms with Crippen LogP contribution in [0.4, 0.5) is 13.2 Å². The van der Waals surface area contributed by atoms with Crippen LogP contribution in [0.5, 0.6) is 0 Å². The quantitative estimate of drug-likeness (QED) is 0.748. The molecular weight excluding hydrogens is 337 g/mol. The summed E-state index contributed by atoms with van der Waals surface area (Å²) in [5.41, 5.74) is 0.455. The van der Waals surface area contributed by atoms with Gasteiger partial charge in [-0.15, -0.1) is 0 Å². The highest BCUT2D eigenvalue weighted by molar-refractivity contribution is 5.24. The fraction of sp³-hybridized carbons (Fsp3) is 0.714. The third-order valence-corrected chi connectivity index (χ3v) is 6.70. The summed E-state index contributed by atoms with van der Waals surface area (Å²) < 4.78 is 38.4. The van der Waals surface area contributed by atoms with Crippen LogP contribution in [-0.4, -0.2) is 41.5 Å². The third-order valence-electron chi connectivity index (χ3n) is 6.70. The molecule has 2 atom stereocenters. The van der Waals surface area contributed by atoms with E-state index in [4.69, 9.17) is 0 Å². The van der Waals surface area contributed by atoms with Gasteiger partial charge in [-0.1, -0.05) is 31.4 Å². The Kier molecular flexibility index (Phi) is 5.29. The number of hydrogen-bond acceptors (Lipinski definition) is 2. The first kappa shape index (κ1) is 18.3. The summed E-state index contributed by atoms with van der Waals surface area (Å²) >= 11 is 0. The zero-order valence-electron chi connectivity index (χ0n) is 15.3. The number of fused-ring (bicyclic) bond motifs is 1. The Morgan fingerprint density at radius 3 is 2.27 bits per heavy atom. The number of hydrogen-bond donors (Lipinski definition) is 0. The van der Waals surface area contributed by atoms with Crippen molar-refractivity contribution in [3.8, 4) is 0 Å². The van der Waals surface area contributed by atoms with Crippen molar-refractivity contribution in [3.63, 3.8) is 0 Å². The van der Waals surface area contributed by atoms with Gasteiger partial charge in [-0.25, -0.2) is 0 Å². The van der Waals surface area contributed by atoms with Crippen LogP contribution in [-0.2, 0) is 12.7 Å². The van der Waals surface area contributed by atoms with Crippen molar-refractivity contribution in [2.24, 2.45) is 5.92 Å². The molecule has 2 aliphatic heterocycles. The van der Waals surface area contributed by atoms with Crippen LogP contribution < -0.4 is 0 Å². The second-order valence-corrected chi connectivity index (χ2v) is 8.30. The highest BCUT2D eigenvalue weighted by Crippen LogP contribution is 2.38. The Hall–Kier alpha value is -1.07. The molecule has 0 N–H and O–H groups in total. The van der Waals surface area contributed by atoms with Crippen LogP contribution >= 0.6 is 0 Å². The largest absolute Gasteiger partial charge is 0.416 e. The van der Waals surface area contributed by atoms with Gasteiger partial charge in [-0.05, 0) is 55.8 Å². The van der Waals surface area contributed by atoms with Crippen LogP contribution in [0.2, 0.25) is 0 Å². The molecule has 144 valence electrons. The predicted molar refractivity (Wildman–Crippen MR) is 96.8 cm³/mol. The standard InChI is InChI=1S/C21H29F3N2/c22-21(23,24)18-10-8-16(9-11-18)15-26-14-13-25-12-4-7-19(25)20(26)17-5-2-1-3-6-17/h8-11,17,19-20H,1-7,12-15H2/t19-,20-/m0/s1. The second kappa shape index (κ2) is 7.51. The Morgan fingerprint density at radius 2 is 1.58 bits per heavy atom. The molecule has 1 aromatic carbocycles. The topological polar surface area (TPSA) is 6.48 Å². The molecule has 2 heterocycles. The Balaban J connectivity index is 1.51. The molecule has 0 unspecified atom stereocenters. The monoisotopic (exact) mass is 366 g/mol. The highest BCUT2D eigenvalue weighted by Gasteiger charge is 2.42. The lowest BCUT2D eigenvalue weighted by Crippen LogP contribution is -2.59. The molecule has 0 radical (unpaired) electrons. The van der Waals surface area contributed by atoms with E-state index in [9.17, 15) is 13.2 Å². The lowest BCUT2D eigenvalue weighted by atomic mass is 9.78. The molecular formula is C21H29F3N2. The maximum atomic E-state index is 12.8. The maximum absolute atomic E-state index is 12.8. The number of nitrogens with zero attached hydrogens (tertiary/aromatic N) is 2. The molecule has 4 rings (SSSR count). The Morgan fingerprint density at radius 1 is 0.846 bits per heavy atom. The fourth-order valence-corrected chi connectivity index (χ4v) is 5.47. The van der Waals surface area contributed by atoms with Gasteiger partial charge in [-0.3, -0.25) is 9.80 Å². The van der Waals surface area contributed by atoms with Gasteiger partial charge < -0.3 is 0 Å². The van der Waals surface area contributed by atoms with Gasteiger partial charge in [0.25, 0.3) is 0 Å². The van der Waals surface area contributed by atoms with E-state index in [0.29, 0.717) is 12.1 Å². The van der Waals surface area contributed by atoms with E-state index in [1.54, 1.807) is 12.1 Å². The van der Waals surface area contributed by atoms with Crippen LogP contribution in [0.25, 0.3) is 0 Å². The van der Waals surface area contributed by atoms with Gasteiger partial charge in [0.15, 0.2) is 0 Å². The first-order valence-corrected chi connectivity index (χ1v) is 10.2. The number of benzene rings is 1. The van der Waals surface area contributed by atoms with Crippen molar-refractivity contribution in [2.45, 2.75) is 69.8 Å². The summed E-state index contributed by atoms with van der Waals surface area (Å²) in [5.74, 6) is 0.754. The zero-order valence-corrected chi connectivity index (χ0v) is 15.3. The Bertz CT molecular complexity index is 592. The van der Waals surface area contributed by atoms with E-state index in [-0.39, 0.29) is 0 Å². The summed E-state index contributed by atoms with van der Waals surface area (Å²) in [7, 11) is 0. The van der Waals surface area contributed by atoms with Gasteiger partial charge >= 0.3 is 6.18 Å². The van der Waals surface area contributed by atoms with Gasteiger partial charge in [0.05, 0.1) is 5.56 Å². The van der Waals surface area contributed by atoms with Crippen molar-refractivity contribution in [1.82, 2.24) is 9.80 Å². The number of rotatable bonds is 3. The van der Waals surface area contributed by atoms with Gasteiger partial charge in [0.2, 0.25) is 0 Å². The minimum atomic E-state index is -4.25. The van der Waals surface area contributed by atoms with E-state index in [2.05, 4.69) is 9.80 Å². The van der Waals surface area contributed by atoms with Gasteiger partial charge in [0, 0.05) is 31.7 Å². The molecule has 26 heavy (non-hydrogen) atoms. The summed E-state index contributed by atoms with van der Waals surface area (Å²) in [6.45, 7) is 4.15. The average molecular weight is 366 g/mol. The maximum Gasteiger partial charge on any atom is 0.416 e. The lowest BCUT2D eigenvalue weighted by molar-refractivity contribution is -0.137. The Labute approximate surface area is 154 Å². The highest BCUT2D eigenvalue weighted by atomic mass is 19.4. The zero-order chi connectivity index (χ0) is 18.1. The van der Waals surface area contributed by atoms with Gasteiger partial charge in [-0.2, -0.15) is 13.2 Å². The molecule has 0 aromatic heterocycles. The fourth-order valence-electron chi connectivity index (χ4n) is 5.47. The minimum Gasteiger partial charge on any atom is -0.298 e. The molecule has 1 aliphatic carbocycles. The molecule has 2 saturated heterocycles. The van der Waals surface area contributed by atoms with E-state index >= 15 is 0 Å². The molecule has 3 fully saturated rings. The molecule has 0 spiro atoms.